The van der Waals surface area contributed by atoms with Crippen LogP contribution in [0.1, 0.15) is 12.5 Å². The van der Waals surface area contributed by atoms with Gasteiger partial charge in [0.2, 0.25) is 17.8 Å². The molecule has 2 aromatic rings. The van der Waals surface area contributed by atoms with Gasteiger partial charge >= 0.3 is 0 Å². The van der Waals surface area contributed by atoms with E-state index >= 15 is 0 Å². The molecule has 0 radical (unpaired) electrons. The average Bonchev–Trinajstić information content (AvgIpc) is 2.46. The fraction of sp³-hybridized carbons (Fsp3) is 0.400. The summed E-state index contributed by atoms with van der Waals surface area (Å²) in [6, 6.07) is 8.24. The minimum atomic E-state index is 0.589. The molecule has 1 N–H and O–H groups in total. The van der Waals surface area contributed by atoms with Gasteiger partial charge in [-0.1, -0.05) is 12.1 Å². The number of hydrogen-bond acceptors (Lipinski definition) is 6. The van der Waals surface area contributed by atoms with Crippen molar-refractivity contribution in [2.24, 2.45) is 0 Å². The SMILES string of the molecule is CCNc1nc(N(C)C)nc(N(C)c2cccc(C)c2)n1. The molecule has 0 saturated carbocycles. The van der Waals surface area contributed by atoms with E-state index in [9.17, 15) is 0 Å². The van der Waals surface area contributed by atoms with E-state index in [-0.39, 0.29) is 0 Å². The van der Waals surface area contributed by atoms with Gasteiger partial charge in [0.25, 0.3) is 0 Å². The Bertz CT molecular complexity index is 611. The van der Waals surface area contributed by atoms with Crippen LogP contribution in [0.5, 0.6) is 0 Å². The van der Waals surface area contributed by atoms with Gasteiger partial charge in [-0.05, 0) is 31.5 Å². The second-order valence-corrected chi connectivity index (χ2v) is 5.08. The van der Waals surface area contributed by atoms with Crippen LogP contribution >= 0.6 is 0 Å². The molecule has 0 spiro atoms. The Morgan fingerprint density at radius 2 is 1.76 bits per heavy atom. The maximum Gasteiger partial charge on any atom is 0.236 e. The highest BCUT2D eigenvalue weighted by atomic mass is 15.3. The highest BCUT2D eigenvalue weighted by Crippen LogP contribution is 2.23. The van der Waals surface area contributed by atoms with Gasteiger partial charge in [0.15, 0.2) is 0 Å². The molecule has 0 aliphatic rings. The number of nitrogens with one attached hydrogen (secondary N) is 1. The van der Waals surface area contributed by atoms with E-state index in [2.05, 4.69) is 39.3 Å². The molecule has 0 aliphatic heterocycles. The van der Waals surface area contributed by atoms with Crippen LogP contribution in [0.4, 0.5) is 23.5 Å². The molecule has 0 atom stereocenters. The zero-order valence-electron chi connectivity index (χ0n) is 13.3. The average molecular weight is 286 g/mol. The molecule has 1 aromatic heterocycles. The Balaban J connectivity index is 2.41. The topological polar surface area (TPSA) is 57.2 Å². The lowest BCUT2D eigenvalue weighted by atomic mass is 10.2. The lowest BCUT2D eigenvalue weighted by Crippen LogP contribution is -2.20. The fourth-order valence-electron chi connectivity index (χ4n) is 1.89. The minimum absolute atomic E-state index is 0.589. The fourth-order valence-corrected chi connectivity index (χ4v) is 1.89. The van der Waals surface area contributed by atoms with Gasteiger partial charge in [-0.15, -0.1) is 0 Å². The van der Waals surface area contributed by atoms with E-state index < -0.39 is 0 Å². The van der Waals surface area contributed by atoms with Crippen LogP contribution in [0.3, 0.4) is 0 Å². The van der Waals surface area contributed by atoms with Crippen molar-refractivity contribution < 1.29 is 0 Å². The van der Waals surface area contributed by atoms with Crippen LogP contribution in [-0.4, -0.2) is 42.6 Å². The van der Waals surface area contributed by atoms with Crippen LogP contribution in [0, 0.1) is 6.92 Å². The molecule has 2 rings (SSSR count). The summed E-state index contributed by atoms with van der Waals surface area (Å²) in [6.07, 6.45) is 0. The molecule has 1 heterocycles. The summed E-state index contributed by atoms with van der Waals surface area (Å²) < 4.78 is 0. The van der Waals surface area contributed by atoms with Gasteiger partial charge in [0.05, 0.1) is 0 Å². The molecule has 6 nitrogen and oxygen atoms in total. The van der Waals surface area contributed by atoms with Crippen LogP contribution in [0.25, 0.3) is 0 Å². The summed E-state index contributed by atoms with van der Waals surface area (Å²) in [7, 11) is 5.79. The zero-order valence-corrected chi connectivity index (χ0v) is 13.3. The van der Waals surface area contributed by atoms with Crippen LogP contribution in [0.2, 0.25) is 0 Å². The Kier molecular flexibility index (Phi) is 4.57. The van der Waals surface area contributed by atoms with Gasteiger partial charge in [0.1, 0.15) is 0 Å². The van der Waals surface area contributed by atoms with Gasteiger partial charge < -0.3 is 15.1 Å². The Labute approximate surface area is 125 Å². The van der Waals surface area contributed by atoms with Crippen molar-refractivity contribution in [2.45, 2.75) is 13.8 Å². The highest BCUT2D eigenvalue weighted by molar-refractivity contribution is 5.59. The zero-order chi connectivity index (χ0) is 15.4. The molecule has 0 saturated heterocycles. The molecule has 1 aromatic carbocycles. The highest BCUT2D eigenvalue weighted by Gasteiger charge is 2.12. The third-order valence-corrected chi connectivity index (χ3v) is 3.04. The third-order valence-electron chi connectivity index (χ3n) is 3.04. The van der Waals surface area contributed by atoms with E-state index in [1.54, 1.807) is 0 Å². The number of nitrogens with zero attached hydrogens (tertiary/aromatic N) is 5. The Hall–Kier alpha value is -2.37. The third kappa shape index (κ3) is 3.59. The van der Waals surface area contributed by atoms with Gasteiger partial charge in [-0.25, -0.2) is 0 Å². The lowest BCUT2D eigenvalue weighted by molar-refractivity contribution is 0.925. The van der Waals surface area contributed by atoms with E-state index in [0.717, 1.165) is 12.2 Å². The summed E-state index contributed by atoms with van der Waals surface area (Å²) in [5, 5.41) is 3.15. The van der Waals surface area contributed by atoms with Gasteiger partial charge in [0, 0.05) is 33.4 Å². The molecule has 0 fully saturated rings. The van der Waals surface area contributed by atoms with Crippen molar-refractivity contribution in [2.75, 3.05) is 42.8 Å². The first kappa shape index (κ1) is 15.0. The number of benzene rings is 1. The van der Waals surface area contributed by atoms with Crippen LogP contribution in [0.15, 0.2) is 24.3 Å². The smallest absolute Gasteiger partial charge is 0.236 e. The first-order valence-electron chi connectivity index (χ1n) is 6.99. The largest absolute Gasteiger partial charge is 0.354 e. The van der Waals surface area contributed by atoms with E-state index in [0.29, 0.717) is 17.8 Å². The van der Waals surface area contributed by atoms with Crippen molar-refractivity contribution in [3.8, 4) is 0 Å². The van der Waals surface area contributed by atoms with E-state index in [4.69, 9.17) is 0 Å². The second-order valence-electron chi connectivity index (χ2n) is 5.08. The van der Waals surface area contributed by atoms with Crippen LogP contribution in [-0.2, 0) is 0 Å². The van der Waals surface area contributed by atoms with Gasteiger partial charge in [-0.2, -0.15) is 15.0 Å². The van der Waals surface area contributed by atoms with Crippen molar-refractivity contribution in [3.63, 3.8) is 0 Å². The first-order chi connectivity index (χ1) is 10.0. The summed E-state index contributed by atoms with van der Waals surface area (Å²) in [6.45, 7) is 4.85. The van der Waals surface area contributed by atoms with Gasteiger partial charge in [-0.3, -0.25) is 0 Å². The molecule has 0 bridgehead atoms. The predicted octanol–water partition coefficient (Wildman–Crippen LogP) is 2.45. The van der Waals surface area contributed by atoms with Crippen molar-refractivity contribution in [3.05, 3.63) is 29.8 Å². The summed E-state index contributed by atoms with van der Waals surface area (Å²) >= 11 is 0. The lowest BCUT2D eigenvalue weighted by Gasteiger charge is -2.20. The number of hydrogen-bond donors (Lipinski definition) is 1. The minimum Gasteiger partial charge on any atom is -0.354 e. The number of aryl methyl sites for hydroxylation is 1. The maximum absolute atomic E-state index is 4.51. The normalized spacial score (nSPS) is 10.3. The molecule has 0 unspecified atom stereocenters. The number of aromatic nitrogens is 3. The molecule has 6 heteroatoms. The number of anilines is 4. The van der Waals surface area contributed by atoms with E-state index in [1.165, 1.54) is 5.56 Å². The molecule has 21 heavy (non-hydrogen) atoms. The number of rotatable bonds is 5. The predicted molar refractivity (Wildman–Crippen MR) is 87.6 cm³/mol. The standard InChI is InChI=1S/C15H22N6/c1-6-16-13-17-14(20(3)4)19-15(18-13)21(5)12-9-7-8-11(2)10-12/h7-10H,6H2,1-5H3,(H,16,17,18,19). The summed E-state index contributed by atoms with van der Waals surface area (Å²) in [5.41, 5.74) is 2.25. The quantitative estimate of drug-likeness (QED) is 0.911. The second kappa shape index (κ2) is 6.39. The monoisotopic (exact) mass is 286 g/mol. The van der Waals surface area contributed by atoms with Crippen molar-refractivity contribution in [1.82, 2.24) is 15.0 Å². The van der Waals surface area contributed by atoms with Crippen LogP contribution < -0.4 is 15.1 Å². The molecular formula is C15H22N6. The summed E-state index contributed by atoms with van der Waals surface area (Å²) in [4.78, 5) is 17.2. The molecule has 0 amide bonds. The Morgan fingerprint density at radius 3 is 2.38 bits per heavy atom. The molecule has 112 valence electrons. The van der Waals surface area contributed by atoms with Crippen molar-refractivity contribution >= 4 is 23.5 Å². The van der Waals surface area contributed by atoms with E-state index in [1.807, 2.05) is 50.0 Å². The maximum atomic E-state index is 4.51. The summed E-state index contributed by atoms with van der Waals surface area (Å²) in [5.74, 6) is 1.84. The van der Waals surface area contributed by atoms with Crippen molar-refractivity contribution in [1.29, 1.82) is 0 Å². The Morgan fingerprint density at radius 1 is 1.05 bits per heavy atom. The molecular weight excluding hydrogens is 264 g/mol. The molecule has 0 aliphatic carbocycles. The first-order valence-corrected chi connectivity index (χ1v) is 6.99.